The van der Waals surface area contributed by atoms with Crippen molar-refractivity contribution >= 4 is 11.6 Å². The number of hydrogen-bond acceptors (Lipinski definition) is 1. The summed E-state index contributed by atoms with van der Waals surface area (Å²) in [4.78, 5) is 0. The van der Waals surface area contributed by atoms with Gasteiger partial charge in [-0.05, 0) is 25.1 Å². The molecule has 0 saturated heterocycles. The first kappa shape index (κ1) is 11.7. The first-order valence-electron chi connectivity index (χ1n) is 4.21. The number of hydrogen-bond donors (Lipinski definition) is 1. The fraction of sp³-hybridized carbons (Fsp3) is 0.167. The Balaban J connectivity index is 0.000000671. The van der Waals surface area contributed by atoms with Crippen LogP contribution in [-0.2, 0) is 0 Å². The first-order valence-corrected chi connectivity index (χ1v) is 4.21. The van der Waals surface area contributed by atoms with Gasteiger partial charge in [-0.1, -0.05) is 49.1 Å². The molecule has 0 heterocycles. The van der Waals surface area contributed by atoms with Crippen LogP contribution in [0.4, 0.5) is 0 Å². The van der Waals surface area contributed by atoms with E-state index in [0.29, 0.717) is 0 Å². The summed E-state index contributed by atoms with van der Waals surface area (Å²) >= 11 is 0. The molecular weight excluding hydrogens is 158 g/mol. The molecular formula is C12H17N. The molecule has 13 heavy (non-hydrogen) atoms. The van der Waals surface area contributed by atoms with Crippen molar-refractivity contribution in [1.29, 1.82) is 0 Å². The van der Waals surface area contributed by atoms with Crippen LogP contribution in [0.1, 0.15) is 18.1 Å². The van der Waals surface area contributed by atoms with E-state index in [9.17, 15) is 0 Å². The molecule has 1 aromatic carbocycles. The van der Waals surface area contributed by atoms with Gasteiger partial charge in [-0.25, -0.2) is 0 Å². The van der Waals surface area contributed by atoms with Gasteiger partial charge in [0.2, 0.25) is 0 Å². The van der Waals surface area contributed by atoms with Gasteiger partial charge in [-0.15, -0.1) is 0 Å². The molecule has 0 unspecified atom stereocenters. The molecule has 1 aromatic rings. The average molecular weight is 175 g/mol. The second kappa shape index (κ2) is 6.21. The van der Waals surface area contributed by atoms with Gasteiger partial charge in [0.15, 0.2) is 0 Å². The Morgan fingerprint density at radius 2 is 1.85 bits per heavy atom. The number of allylic oxidation sites excluding steroid dienone is 1. The third kappa shape index (κ3) is 3.26. The van der Waals surface area contributed by atoms with E-state index in [1.807, 2.05) is 31.2 Å². The molecule has 1 rings (SSSR count). The second-order valence-corrected chi connectivity index (χ2v) is 2.57. The summed E-state index contributed by atoms with van der Waals surface area (Å²) in [5, 5.41) is 0. The van der Waals surface area contributed by atoms with E-state index in [-0.39, 0.29) is 0 Å². The Labute approximate surface area is 80.6 Å². The lowest BCUT2D eigenvalue weighted by Crippen LogP contribution is -1.82. The smallest absolute Gasteiger partial charge is 0.0161 e. The van der Waals surface area contributed by atoms with Crippen LogP contribution in [0.25, 0.3) is 11.6 Å². The fourth-order valence-corrected chi connectivity index (χ4v) is 1.06. The number of rotatable bonds is 2. The third-order valence-corrected chi connectivity index (χ3v) is 1.64. The van der Waals surface area contributed by atoms with Gasteiger partial charge >= 0.3 is 0 Å². The summed E-state index contributed by atoms with van der Waals surface area (Å²) < 4.78 is 0. The molecule has 1 heteroatoms. The molecule has 0 fully saturated rings. The summed E-state index contributed by atoms with van der Waals surface area (Å²) in [6.07, 6.45) is 1.85. The van der Waals surface area contributed by atoms with Crippen molar-refractivity contribution in [3.05, 3.63) is 48.6 Å². The highest BCUT2D eigenvalue weighted by molar-refractivity contribution is 5.71. The fourth-order valence-electron chi connectivity index (χ4n) is 1.06. The van der Waals surface area contributed by atoms with Crippen LogP contribution in [0.5, 0.6) is 0 Å². The summed E-state index contributed by atoms with van der Waals surface area (Å²) in [5.41, 5.74) is 7.92. The van der Waals surface area contributed by atoms with Crippen molar-refractivity contribution in [2.24, 2.45) is 5.73 Å². The van der Waals surface area contributed by atoms with E-state index in [0.717, 1.165) is 11.1 Å². The maximum absolute atomic E-state index is 4.50. The normalized spacial score (nSPS) is 8.23. The topological polar surface area (TPSA) is 26.0 Å². The van der Waals surface area contributed by atoms with Crippen molar-refractivity contribution in [1.82, 2.24) is 0 Å². The molecule has 0 aliphatic rings. The quantitative estimate of drug-likeness (QED) is 0.734. The standard InChI is InChI=1S/C11H12.CH5N/c1-4-10-7-5-6-8-11(10)9(2)3;1-2/h4-8H,1-2H2,3H3;2H2,1H3. The lowest BCUT2D eigenvalue weighted by atomic mass is 10.0. The van der Waals surface area contributed by atoms with E-state index < -0.39 is 0 Å². The van der Waals surface area contributed by atoms with Gasteiger partial charge in [0.1, 0.15) is 0 Å². The van der Waals surface area contributed by atoms with Crippen LogP contribution >= 0.6 is 0 Å². The molecule has 0 radical (unpaired) electrons. The lowest BCUT2D eigenvalue weighted by molar-refractivity contribution is 1.48. The molecule has 70 valence electrons. The van der Waals surface area contributed by atoms with Gasteiger partial charge in [0.25, 0.3) is 0 Å². The van der Waals surface area contributed by atoms with Gasteiger partial charge in [0, 0.05) is 0 Å². The predicted octanol–water partition coefficient (Wildman–Crippen LogP) is 2.94. The van der Waals surface area contributed by atoms with Gasteiger partial charge < -0.3 is 5.73 Å². The van der Waals surface area contributed by atoms with Crippen LogP contribution in [0.3, 0.4) is 0 Å². The Hall–Kier alpha value is -1.34. The Bertz CT molecular complexity index is 287. The van der Waals surface area contributed by atoms with Crippen LogP contribution in [0.15, 0.2) is 37.4 Å². The minimum atomic E-state index is 1.08. The number of benzene rings is 1. The van der Waals surface area contributed by atoms with Crippen LogP contribution in [0, 0.1) is 0 Å². The van der Waals surface area contributed by atoms with Crippen molar-refractivity contribution in [3.8, 4) is 0 Å². The zero-order valence-electron chi connectivity index (χ0n) is 8.38. The zero-order chi connectivity index (χ0) is 10.3. The first-order chi connectivity index (χ1) is 6.25. The second-order valence-electron chi connectivity index (χ2n) is 2.57. The summed E-state index contributed by atoms with van der Waals surface area (Å²) in [6, 6.07) is 8.11. The van der Waals surface area contributed by atoms with E-state index in [2.05, 4.69) is 25.0 Å². The van der Waals surface area contributed by atoms with E-state index >= 15 is 0 Å². The van der Waals surface area contributed by atoms with Crippen LogP contribution in [0.2, 0.25) is 0 Å². The molecule has 2 N–H and O–H groups in total. The van der Waals surface area contributed by atoms with Crippen LogP contribution < -0.4 is 5.73 Å². The molecule has 0 amide bonds. The highest BCUT2D eigenvalue weighted by Gasteiger charge is 1.96. The van der Waals surface area contributed by atoms with Crippen LogP contribution in [-0.4, -0.2) is 7.05 Å². The van der Waals surface area contributed by atoms with Crippen molar-refractivity contribution in [3.63, 3.8) is 0 Å². The SMILES string of the molecule is C=Cc1ccccc1C(=C)C.CN. The van der Waals surface area contributed by atoms with E-state index in [4.69, 9.17) is 0 Å². The highest BCUT2D eigenvalue weighted by atomic mass is 14.4. The molecule has 0 aromatic heterocycles. The largest absolute Gasteiger partial charge is 0.333 e. The minimum Gasteiger partial charge on any atom is -0.333 e. The Morgan fingerprint density at radius 3 is 2.23 bits per heavy atom. The molecule has 0 atom stereocenters. The predicted molar refractivity (Wildman–Crippen MR) is 61.4 cm³/mol. The molecule has 0 saturated carbocycles. The summed E-state index contributed by atoms with van der Waals surface area (Å²) in [6.45, 7) is 9.62. The zero-order valence-corrected chi connectivity index (χ0v) is 8.38. The summed E-state index contributed by atoms with van der Waals surface area (Å²) in [5.74, 6) is 0. The maximum Gasteiger partial charge on any atom is -0.0161 e. The molecule has 0 aliphatic heterocycles. The van der Waals surface area contributed by atoms with Crippen molar-refractivity contribution in [2.75, 3.05) is 7.05 Å². The molecule has 0 aliphatic carbocycles. The highest BCUT2D eigenvalue weighted by Crippen LogP contribution is 2.17. The van der Waals surface area contributed by atoms with Gasteiger partial charge in [-0.3, -0.25) is 0 Å². The number of nitrogens with two attached hydrogens (primary N) is 1. The van der Waals surface area contributed by atoms with Gasteiger partial charge in [0.05, 0.1) is 0 Å². The van der Waals surface area contributed by atoms with Gasteiger partial charge in [-0.2, -0.15) is 0 Å². The minimum absolute atomic E-state index is 1.08. The summed E-state index contributed by atoms with van der Waals surface area (Å²) in [7, 11) is 1.50. The lowest BCUT2D eigenvalue weighted by Gasteiger charge is -2.02. The maximum atomic E-state index is 4.50. The molecule has 1 nitrogen and oxygen atoms in total. The molecule has 0 spiro atoms. The van der Waals surface area contributed by atoms with Crippen molar-refractivity contribution in [2.45, 2.75) is 6.92 Å². The van der Waals surface area contributed by atoms with E-state index in [1.165, 1.54) is 12.6 Å². The average Bonchev–Trinajstić information content (AvgIpc) is 2.20. The van der Waals surface area contributed by atoms with E-state index in [1.54, 1.807) is 0 Å². The third-order valence-electron chi connectivity index (χ3n) is 1.64. The Morgan fingerprint density at radius 1 is 1.31 bits per heavy atom. The van der Waals surface area contributed by atoms with Crippen molar-refractivity contribution < 1.29 is 0 Å². The molecule has 0 bridgehead atoms. The Kier molecular flexibility index (Phi) is 5.57. The monoisotopic (exact) mass is 175 g/mol.